The lowest BCUT2D eigenvalue weighted by Gasteiger charge is -2.24. The van der Waals surface area contributed by atoms with Crippen molar-refractivity contribution in [1.82, 2.24) is 4.90 Å². The van der Waals surface area contributed by atoms with Gasteiger partial charge in [0.15, 0.2) is 0 Å². The average molecular weight is 304 g/mol. The number of rotatable bonds is 5. The van der Waals surface area contributed by atoms with Crippen molar-refractivity contribution in [2.24, 2.45) is 0 Å². The number of benzene rings is 1. The van der Waals surface area contributed by atoms with Gasteiger partial charge in [-0.25, -0.2) is 4.39 Å². The molecule has 6 heteroatoms. The van der Waals surface area contributed by atoms with Crippen LogP contribution in [-0.4, -0.2) is 31.1 Å². The quantitative estimate of drug-likeness (QED) is 0.823. The van der Waals surface area contributed by atoms with Crippen LogP contribution in [0.3, 0.4) is 0 Å². The Morgan fingerprint density at radius 1 is 1.24 bits per heavy atom. The van der Waals surface area contributed by atoms with E-state index in [1.165, 1.54) is 25.7 Å². The molecule has 1 aliphatic carbocycles. The first kappa shape index (κ1) is 16.1. The molecule has 0 saturated heterocycles. The molecule has 0 aromatic heterocycles. The summed E-state index contributed by atoms with van der Waals surface area (Å²) in [6.07, 6.45) is 0.351. The van der Waals surface area contributed by atoms with E-state index in [-0.39, 0.29) is 5.69 Å². The number of nitrogens with zero attached hydrogens (tertiary/aromatic N) is 1. The van der Waals surface area contributed by atoms with E-state index in [2.05, 4.69) is 10.2 Å². The van der Waals surface area contributed by atoms with E-state index in [0.29, 0.717) is 18.7 Å². The minimum atomic E-state index is -4.51. The Labute approximate surface area is 122 Å². The first-order valence-electron chi connectivity index (χ1n) is 7.19. The Kier molecular flexibility index (Phi) is 5.08. The third kappa shape index (κ3) is 4.33. The maximum absolute atomic E-state index is 13.6. The van der Waals surface area contributed by atoms with Crippen molar-refractivity contribution in [2.75, 3.05) is 25.5 Å². The van der Waals surface area contributed by atoms with E-state index in [9.17, 15) is 17.6 Å². The lowest BCUT2D eigenvalue weighted by molar-refractivity contribution is -0.137. The fourth-order valence-electron chi connectivity index (χ4n) is 2.73. The number of likely N-dealkylation sites (N-methyl/N-ethyl adjacent to an activating group) is 1. The zero-order valence-electron chi connectivity index (χ0n) is 12.0. The maximum atomic E-state index is 13.6. The predicted octanol–water partition coefficient (Wildman–Crippen LogP) is 4.13. The highest BCUT2D eigenvalue weighted by molar-refractivity contribution is 5.46. The Bertz CT molecular complexity index is 467. The molecule has 118 valence electrons. The van der Waals surface area contributed by atoms with Crippen LogP contribution in [0.15, 0.2) is 18.2 Å². The molecular weight excluding hydrogens is 284 g/mol. The molecule has 1 aliphatic rings. The van der Waals surface area contributed by atoms with Gasteiger partial charge in [-0.15, -0.1) is 0 Å². The Morgan fingerprint density at radius 2 is 1.90 bits per heavy atom. The summed E-state index contributed by atoms with van der Waals surface area (Å²) in [7, 11) is 2.03. The second-order valence-corrected chi connectivity index (χ2v) is 5.54. The third-order valence-electron chi connectivity index (χ3n) is 4.02. The van der Waals surface area contributed by atoms with Crippen LogP contribution < -0.4 is 5.32 Å². The Morgan fingerprint density at radius 3 is 2.48 bits per heavy atom. The molecule has 0 aliphatic heterocycles. The van der Waals surface area contributed by atoms with Gasteiger partial charge in [-0.05, 0) is 38.1 Å². The van der Waals surface area contributed by atoms with Crippen LogP contribution in [0.1, 0.15) is 31.2 Å². The van der Waals surface area contributed by atoms with Crippen LogP contribution in [0.25, 0.3) is 0 Å². The maximum Gasteiger partial charge on any atom is 0.416 e. The van der Waals surface area contributed by atoms with Crippen molar-refractivity contribution < 1.29 is 17.6 Å². The molecule has 0 atom stereocenters. The highest BCUT2D eigenvalue weighted by atomic mass is 19.4. The monoisotopic (exact) mass is 304 g/mol. The van der Waals surface area contributed by atoms with Crippen LogP contribution in [0.5, 0.6) is 0 Å². The molecule has 21 heavy (non-hydrogen) atoms. The zero-order chi connectivity index (χ0) is 15.5. The second-order valence-electron chi connectivity index (χ2n) is 5.54. The van der Waals surface area contributed by atoms with Crippen LogP contribution in [0, 0.1) is 5.82 Å². The summed E-state index contributed by atoms with van der Waals surface area (Å²) in [6, 6.07) is 3.15. The number of halogens is 4. The van der Waals surface area contributed by atoms with Crippen LogP contribution >= 0.6 is 0 Å². The minimum Gasteiger partial charge on any atom is -0.381 e. The van der Waals surface area contributed by atoms with E-state index in [1.54, 1.807) is 0 Å². The molecule has 2 rings (SSSR count). The van der Waals surface area contributed by atoms with Gasteiger partial charge in [-0.2, -0.15) is 13.2 Å². The molecule has 1 aromatic rings. The number of hydrogen-bond donors (Lipinski definition) is 1. The van der Waals surface area contributed by atoms with Crippen molar-refractivity contribution >= 4 is 5.69 Å². The van der Waals surface area contributed by atoms with Gasteiger partial charge in [-0.3, -0.25) is 0 Å². The number of anilines is 1. The molecule has 1 N–H and O–H groups in total. The molecule has 0 spiro atoms. The Balaban J connectivity index is 1.85. The summed E-state index contributed by atoms with van der Waals surface area (Å²) in [6.45, 7) is 1.25. The molecule has 0 amide bonds. The standard InChI is InChI=1S/C15H20F4N2/c1-21(12-4-2-3-5-12)9-8-20-14-7-6-11(10-13(14)16)15(17,18)19/h6-7,10,12,20H,2-5,8-9H2,1H3. The molecule has 0 heterocycles. The van der Waals surface area contributed by atoms with Crippen molar-refractivity contribution in [3.8, 4) is 0 Å². The first-order valence-corrected chi connectivity index (χ1v) is 7.19. The smallest absolute Gasteiger partial charge is 0.381 e. The predicted molar refractivity (Wildman–Crippen MR) is 74.8 cm³/mol. The van der Waals surface area contributed by atoms with Gasteiger partial charge >= 0.3 is 6.18 Å². The van der Waals surface area contributed by atoms with Crippen LogP contribution in [0.4, 0.5) is 23.2 Å². The molecule has 1 aromatic carbocycles. The van der Waals surface area contributed by atoms with Gasteiger partial charge in [0.2, 0.25) is 0 Å². The lowest BCUT2D eigenvalue weighted by Crippen LogP contribution is -2.33. The summed E-state index contributed by atoms with van der Waals surface area (Å²) in [5.41, 5.74) is -0.851. The largest absolute Gasteiger partial charge is 0.416 e. The van der Waals surface area contributed by atoms with E-state index < -0.39 is 17.6 Å². The van der Waals surface area contributed by atoms with Gasteiger partial charge in [-0.1, -0.05) is 12.8 Å². The molecule has 1 saturated carbocycles. The number of nitrogens with one attached hydrogen (secondary N) is 1. The molecule has 1 fully saturated rings. The molecule has 2 nitrogen and oxygen atoms in total. The number of hydrogen-bond acceptors (Lipinski definition) is 2. The van der Waals surface area contributed by atoms with Gasteiger partial charge in [0.05, 0.1) is 11.3 Å². The van der Waals surface area contributed by atoms with E-state index in [0.717, 1.165) is 18.7 Å². The van der Waals surface area contributed by atoms with E-state index in [1.807, 2.05) is 7.05 Å². The highest BCUT2D eigenvalue weighted by Gasteiger charge is 2.31. The van der Waals surface area contributed by atoms with Crippen LogP contribution in [-0.2, 0) is 6.18 Å². The summed E-state index contributed by atoms with van der Waals surface area (Å²) in [5.74, 6) is -0.867. The summed E-state index contributed by atoms with van der Waals surface area (Å²) < 4.78 is 50.9. The van der Waals surface area contributed by atoms with Gasteiger partial charge in [0.1, 0.15) is 5.82 Å². The second kappa shape index (κ2) is 6.64. The first-order chi connectivity index (χ1) is 9.88. The zero-order valence-corrected chi connectivity index (χ0v) is 12.0. The van der Waals surface area contributed by atoms with E-state index >= 15 is 0 Å². The third-order valence-corrected chi connectivity index (χ3v) is 4.02. The summed E-state index contributed by atoms with van der Waals surface area (Å²) >= 11 is 0. The van der Waals surface area contributed by atoms with Crippen molar-refractivity contribution in [3.05, 3.63) is 29.6 Å². The van der Waals surface area contributed by atoms with Gasteiger partial charge in [0, 0.05) is 19.1 Å². The average Bonchev–Trinajstić information content (AvgIpc) is 2.93. The SMILES string of the molecule is CN(CCNc1ccc(C(F)(F)F)cc1F)C1CCCC1. The number of alkyl halides is 3. The fourth-order valence-corrected chi connectivity index (χ4v) is 2.73. The minimum absolute atomic E-state index is 0.114. The molecule has 0 radical (unpaired) electrons. The lowest BCUT2D eigenvalue weighted by atomic mass is 10.2. The summed E-state index contributed by atoms with van der Waals surface area (Å²) in [5, 5.41) is 2.86. The van der Waals surface area contributed by atoms with Gasteiger partial charge in [0.25, 0.3) is 0 Å². The normalized spacial score (nSPS) is 16.7. The Hall–Kier alpha value is -1.30. The molecule has 0 unspecified atom stereocenters. The van der Waals surface area contributed by atoms with Crippen molar-refractivity contribution in [1.29, 1.82) is 0 Å². The topological polar surface area (TPSA) is 15.3 Å². The summed E-state index contributed by atoms with van der Waals surface area (Å²) in [4.78, 5) is 2.22. The van der Waals surface area contributed by atoms with Gasteiger partial charge < -0.3 is 10.2 Å². The van der Waals surface area contributed by atoms with E-state index in [4.69, 9.17) is 0 Å². The molecular formula is C15H20F4N2. The van der Waals surface area contributed by atoms with Crippen LogP contribution in [0.2, 0.25) is 0 Å². The van der Waals surface area contributed by atoms with Crippen molar-refractivity contribution in [3.63, 3.8) is 0 Å². The highest BCUT2D eigenvalue weighted by Crippen LogP contribution is 2.31. The molecule has 0 bridgehead atoms. The van der Waals surface area contributed by atoms with Crippen molar-refractivity contribution in [2.45, 2.75) is 37.9 Å². The fraction of sp³-hybridized carbons (Fsp3) is 0.600.